The third-order valence-corrected chi connectivity index (χ3v) is 9.53. The molecule has 3 N–H and O–H groups in total. The fourth-order valence-corrected chi connectivity index (χ4v) is 6.20. The van der Waals surface area contributed by atoms with Crippen LogP contribution in [0.25, 0.3) is 0 Å². The first-order valence-electron chi connectivity index (χ1n) is 14.7. The first-order chi connectivity index (χ1) is 21.0. The van der Waals surface area contributed by atoms with Gasteiger partial charge >= 0.3 is 11.9 Å². The lowest BCUT2D eigenvalue weighted by Gasteiger charge is -2.41. The van der Waals surface area contributed by atoms with E-state index in [0.29, 0.717) is 24.1 Å². The molecule has 1 fully saturated rings. The molecule has 0 aliphatic heterocycles. The zero-order chi connectivity index (χ0) is 33.7. The molecule has 3 amide bonds. The molecule has 1 saturated carbocycles. The smallest absolute Gasteiger partial charge is 0.331 e. The third-order valence-electron chi connectivity index (χ3n) is 8.90. The summed E-state index contributed by atoms with van der Waals surface area (Å²) < 4.78 is 10.1. The van der Waals surface area contributed by atoms with Crippen molar-refractivity contribution in [1.82, 2.24) is 10.6 Å². The summed E-state index contributed by atoms with van der Waals surface area (Å²) in [5, 5.41) is 8.84. The van der Waals surface area contributed by atoms with Crippen molar-refractivity contribution >= 4 is 58.5 Å². The standard InChI is InChI=1S/C33H41Cl2N3O7/c1-8-45-30(43)32(4,5)38-29(42)33(6)17-16-21(31(33,2)3)26(39)37-24(28(41)44-7)18-19-12-14-20(15-13-19)36-27(40)25-22(34)10-9-11-23(25)35/h9-15,21,24H,8,16-18H2,1-7H3,(H,36,40)(H,37,39)(H,38,42)/t21?,24-,33?/m0/s1. The van der Waals surface area contributed by atoms with Gasteiger partial charge in [-0.2, -0.15) is 0 Å². The van der Waals surface area contributed by atoms with Crippen LogP contribution in [0.5, 0.6) is 0 Å². The van der Waals surface area contributed by atoms with Crippen LogP contribution in [0.2, 0.25) is 10.0 Å². The molecular formula is C33H41Cl2N3O7. The summed E-state index contributed by atoms with van der Waals surface area (Å²) in [6.07, 6.45) is 0.931. The van der Waals surface area contributed by atoms with Gasteiger partial charge < -0.3 is 25.4 Å². The molecular weight excluding hydrogens is 621 g/mol. The number of rotatable bonds is 11. The van der Waals surface area contributed by atoms with Gasteiger partial charge in [0.15, 0.2) is 0 Å². The summed E-state index contributed by atoms with van der Waals surface area (Å²) in [6, 6.07) is 10.6. The summed E-state index contributed by atoms with van der Waals surface area (Å²) in [5.74, 6) is -2.97. The maximum absolute atomic E-state index is 13.6. The molecule has 45 heavy (non-hydrogen) atoms. The van der Waals surface area contributed by atoms with E-state index in [4.69, 9.17) is 32.7 Å². The second-order valence-corrected chi connectivity index (χ2v) is 13.3. The number of hydrogen-bond acceptors (Lipinski definition) is 7. The summed E-state index contributed by atoms with van der Waals surface area (Å²) >= 11 is 12.3. The molecule has 244 valence electrons. The molecule has 1 aliphatic carbocycles. The van der Waals surface area contributed by atoms with Crippen molar-refractivity contribution in [3.63, 3.8) is 0 Å². The van der Waals surface area contributed by atoms with Crippen LogP contribution in [0.3, 0.4) is 0 Å². The van der Waals surface area contributed by atoms with E-state index in [-0.39, 0.29) is 40.5 Å². The lowest BCUT2D eigenvalue weighted by molar-refractivity contribution is -0.155. The van der Waals surface area contributed by atoms with Gasteiger partial charge in [0.2, 0.25) is 11.8 Å². The molecule has 12 heteroatoms. The van der Waals surface area contributed by atoms with E-state index >= 15 is 0 Å². The number of amides is 3. The predicted molar refractivity (Wildman–Crippen MR) is 172 cm³/mol. The summed E-state index contributed by atoms with van der Waals surface area (Å²) in [4.78, 5) is 65.0. The highest BCUT2D eigenvalue weighted by atomic mass is 35.5. The number of nitrogens with one attached hydrogen (secondary N) is 3. The molecule has 2 unspecified atom stereocenters. The number of ether oxygens (including phenoxy) is 2. The SMILES string of the molecule is CCOC(=O)C(C)(C)NC(=O)C1(C)CCC(C(=O)N[C@@H](Cc2ccc(NC(=O)c3c(Cl)cccc3Cl)cc2)C(=O)OC)C1(C)C. The number of halogens is 2. The lowest BCUT2D eigenvalue weighted by Crippen LogP contribution is -2.58. The van der Waals surface area contributed by atoms with E-state index in [2.05, 4.69) is 16.0 Å². The number of carbonyl (C=O) groups excluding carboxylic acids is 5. The predicted octanol–water partition coefficient (Wildman–Crippen LogP) is 5.35. The molecule has 3 atom stereocenters. The Morgan fingerprint density at radius 2 is 1.60 bits per heavy atom. The van der Waals surface area contributed by atoms with Gasteiger partial charge in [0.1, 0.15) is 11.6 Å². The maximum Gasteiger partial charge on any atom is 0.331 e. The molecule has 0 spiro atoms. The van der Waals surface area contributed by atoms with Gasteiger partial charge in [-0.05, 0) is 68.9 Å². The molecule has 1 aliphatic rings. The highest BCUT2D eigenvalue weighted by Gasteiger charge is 2.59. The Labute approximate surface area is 273 Å². The van der Waals surface area contributed by atoms with E-state index < -0.39 is 46.2 Å². The summed E-state index contributed by atoms with van der Waals surface area (Å²) in [5.41, 5.74) is -1.71. The number of methoxy groups -OCH3 is 1. The molecule has 0 bridgehead atoms. The van der Waals surface area contributed by atoms with Crippen molar-refractivity contribution in [3.8, 4) is 0 Å². The average molecular weight is 663 g/mol. The van der Waals surface area contributed by atoms with Gasteiger partial charge in [-0.25, -0.2) is 9.59 Å². The fourth-order valence-electron chi connectivity index (χ4n) is 5.63. The molecule has 2 aromatic carbocycles. The highest BCUT2D eigenvalue weighted by Crippen LogP contribution is 2.56. The normalized spacial score (nSPS) is 19.6. The third kappa shape index (κ3) is 7.79. The summed E-state index contributed by atoms with van der Waals surface area (Å²) in [6.45, 7) is 10.5. The molecule has 0 saturated heterocycles. The Morgan fingerprint density at radius 3 is 2.16 bits per heavy atom. The van der Waals surface area contributed by atoms with Gasteiger partial charge in [0.05, 0.1) is 34.7 Å². The van der Waals surface area contributed by atoms with Crippen LogP contribution in [0.4, 0.5) is 5.69 Å². The van der Waals surface area contributed by atoms with E-state index in [0.717, 1.165) is 0 Å². The number of anilines is 1. The fraction of sp³-hybridized carbons (Fsp3) is 0.485. The number of hydrogen-bond donors (Lipinski definition) is 3. The van der Waals surface area contributed by atoms with Gasteiger partial charge in [0, 0.05) is 18.0 Å². The molecule has 0 heterocycles. The number of esters is 2. The van der Waals surface area contributed by atoms with Crippen LogP contribution in [0, 0.1) is 16.7 Å². The zero-order valence-corrected chi connectivity index (χ0v) is 28.2. The molecule has 2 aromatic rings. The minimum atomic E-state index is -1.25. The second kappa shape index (κ2) is 14.2. The van der Waals surface area contributed by atoms with Crippen LogP contribution in [-0.4, -0.2) is 55.0 Å². The first kappa shape index (κ1) is 35.8. The summed E-state index contributed by atoms with van der Waals surface area (Å²) in [7, 11) is 1.24. The van der Waals surface area contributed by atoms with Gasteiger partial charge in [-0.1, -0.05) is 62.2 Å². The van der Waals surface area contributed by atoms with Crippen molar-refractivity contribution in [2.45, 2.75) is 72.4 Å². The van der Waals surface area contributed by atoms with Crippen LogP contribution >= 0.6 is 23.2 Å². The largest absolute Gasteiger partial charge is 0.467 e. The van der Waals surface area contributed by atoms with E-state index in [9.17, 15) is 24.0 Å². The Balaban J connectivity index is 1.71. The van der Waals surface area contributed by atoms with E-state index in [1.807, 2.05) is 13.8 Å². The van der Waals surface area contributed by atoms with Gasteiger partial charge in [0.25, 0.3) is 5.91 Å². The molecule has 3 rings (SSSR count). The first-order valence-corrected chi connectivity index (χ1v) is 15.5. The maximum atomic E-state index is 13.6. The Hall–Kier alpha value is -3.63. The Bertz CT molecular complexity index is 1440. The van der Waals surface area contributed by atoms with E-state index in [1.54, 1.807) is 70.2 Å². The van der Waals surface area contributed by atoms with E-state index in [1.165, 1.54) is 7.11 Å². The molecule has 0 radical (unpaired) electrons. The average Bonchev–Trinajstić information content (AvgIpc) is 3.22. The van der Waals surface area contributed by atoms with Crippen molar-refractivity contribution in [2.75, 3.05) is 19.0 Å². The van der Waals surface area contributed by atoms with Crippen LogP contribution in [-0.2, 0) is 35.1 Å². The van der Waals surface area contributed by atoms with Crippen molar-refractivity contribution in [1.29, 1.82) is 0 Å². The van der Waals surface area contributed by atoms with Crippen molar-refractivity contribution in [3.05, 3.63) is 63.6 Å². The topological polar surface area (TPSA) is 140 Å². The number of benzene rings is 2. The zero-order valence-electron chi connectivity index (χ0n) is 26.6. The second-order valence-electron chi connectivity index (χ2n) is 12.5. The van der Waals surface area contributed by atoms with Crippen LogP contribution in [0.15, 0.2) is 42.5 Å². The van der Waals surface area contributed by atoms with Crippen LogP contribution < -0.4 is 16.0 Å². The minimum absolute atomic E-state index is 0.127. The molecule has 10 nitrogen and oxygen atoms in total. The van der Waals surface area contributed by atoms with Crippen LogP contribution in [0.1, 0.15) is 70.3 Å². The monoisotopic (exact) mass is 661 g/mol. The lowest BCUT2D eigenvalue weighted by atomic mass is 9.64. The van der Waals surface area contributed by atoms with Gasteiger partial charge in [-0.3, -0.25) is 14.4 Å². The molecule has 0 aromatic heterocycles. The number of carbonyl (C=O) groups is 5. The Morgan fingerprint density at radius 1 is 1.00 bits per heavy atom. The van der Waals surface area contributed by atoms with Crippen molar-refractivity contribution < 1.29 is 33.4 Å². The van der Waals surface area contributed by atoms with Crippen molar-refractivity contribution in [2.24, 2.45) is 16.7 Å². The minimum Gasteiger partial charge on any atom is -0.467 e. The quantitative estimate of drug-likeness (QED) is 0.276. The Kier molecular flexibility index (Phi) is 11.3. The highest BCUT2D eigenvalue weighted by molar-refractivity contribution is 6.40. The van der Waals surface area contributed by atoms with Gasteiger partial charge in [-0.15, -0.1) is 0 Å².